The lowest BCUT2D eigenvalue weighted by Gasteiger charge is -2.26. The molecule has 0 fully saturated rings. The van der Waals surface area contributed by atoms with Crippen LogP contribution in [0.5, 0.6) is 0 Å². The molecule has 0 bridgehead atoms. The van der Waals surface area contributed by atoms with Crippen molar-refractivity contribution in [3.05, 3.63) is 200 Å². The van der Waals surface area contributed by atoms with E-state index < -0.39 is 0 Å². The molecule has 1 aromatic heterocycles. The zero-order valence-corrected chi connectivity index (χ0v) is 29.4. The summed E-state index contributed by atoms with van der Waals surface area (Å²) in [7, 11) is 0. The van der Waals surface area contributed by atoms with E-state index in [4.69, 9.17) is 4.42 Å². The molecule has 11 rings (SSSR count). The van der Waals surface area contributed by atoms with E-state index in [1.165, 1.54) is 60.0 Å². The Labute approximate surface area is 312 Å². The molecule has 0 aliphatic rings. The number of anilines is 3. The number of nitrogens with zero attached hydrogens (tertiary/aromatic N) is 1. The average Bonchev–Trinajstić information content (AvgIpc) is 3.62. The Balaban J connectivity index is 1.03. The van der Waals surface area contributed by atoms with Crippen LogP contribution in [-0.4, -0.2) is 0 Å². The third-order valence-electron chi connectivity index (χ3n) is 11.0. The molecule has 0 unspecified atom stereocenters. The summed E-state index contributed by atoms with van der Waals surface area (Å²) < 4.78 is 6.66. The highest BCUT2D eigenvalue weighted by Crippen LogP contribution is 2.42. The molecule has 0 N–H and O–H groups in total. The van der Waals surface area contributed by atoms with Gasteiger partial charge in [-0.15, -0.1) is 0 Å². The van der Waals surface area contributed by atoms with Gasteiger partial charge >= 0.3 is 0 Å². The maximum Gasteiger partial charge on any atom is 0.143 e. The summed E-state index contributed by atoms with van der Waals surface area (Å²) in [5.41, 5.74) is 9.72. The topological polar surface area (TPSA) is 16.4 Å². The van der Waals surface area contributed by atoms with Gasteiger partial charge in [-0.25, -0.2) is 0 Å². The van der Waals surface area contributed by atoms with Crippen molar-refractivity contribution in [3.63, 3.8) is 0 Å². The molecule has 252 valence electrons. The molecule has 0 saturated carbocycles. The van der Waals surface area contributed by atoms with Gasteiger partial charge in [0.05, 0.1) is 0 Å². The minimum atomic E-state index is 0.871. The van der Waals surface area contributed by atoms with Gasteiger partial charge in [0.15, 0.2) is 0 Å². The van der Waals surface area contributed by atoms with Crippen LogP contribution in [-0.2, 0) is 0 Å². The number of hydrogen-bond donors (Lipinski definition) is 0. The van der Waals surface area contributed by atoms with Crippen molar-refractivity contribution in [3.8, 4) is 22.3 Å². The van der Waals surface area contributed by atoms with Crippen LogP contribution < -0.4 is 4.90 Å². The summed E-state index contributed by atoms with van der Waals surface area (Å²) in [6.45, 7) is 0. The van der Waals surface area contributed by atoms with Crippen LogP contribution in [0.2, 0.25) is 0 Å². The van der Waals surface area contributed by atoms with E-state index in [9.17, 15) is 0 Å². The Kier molecular flexibility index (Phi) is 6.90. The highest BCUT2D eigenvalue weighted by atomic mass is 16.3. The number of furan rings is 1. The van der Waals surface area contributed by atoms with Crippen LogP contribution in [0.1, 0.15) is 0 Å². The molecule has 2 nitrogen and oxygen atoms in total. The molecular formula is C52H33NO. The van der Waals surface area contributed by atoms with Crippen molar-refractivity contribution in [2.75, 3.05) is 4.90 Å². The SMILES string of the molecule is c1ccc(-c2cccc(N(c3ccc(-c4ccc5c(ccc6ccc7ccccc7c65)c4)cc3)c3ccc4c(c3)oc3c5ccccc5ccc43)c2)cc1. The van der Waals surface area contributed by atoms with E-state index >= 15 is 0 Å². The highest BCUT2D eigenvalue weighted by molar-refractivity contribution is 6.20. The first-order valence-corrected chi connectivity index (χ1v) is 18.5. The third kappa shape index (κ3) is 4.96. The Morgan fingerprint density at radius 3 is 1.70 bits per heavy atom. The highest BCUT2D eigenvalue weighted by Gasteiger charge is 2.18. The lowest BCUT2D eigenvalue weighted by molar-refractivity contribution is 0.672. The van der Waals surface area contributed by atoms with Gasteiger partial charge in [-0.3, -0.25) is 0 Å². The first-order valence-electron chi connectivity index (χ1n) is 18.5. The molecular weight excluding hydrogens is 655 g/mol. The summed E-state index contributed by atoms with van der Waals surface area (Å²) in [6, 6.07) is 72.2. The Bertz CT molecular complexity index is 3210. The fourth-order valence-electron chi connectivity index (χ4n) is 8.35. The maximum absolute atomic E-state index is 6.66. The summed E-state index contributed by atoms with van der Waals surface area (Å²) in [6.07, 6.45) is 0. The third-order valence-corrected chi connectivity index (χ3v) is 11.0. The van der Waals surface area contributed by atoms with Crippen molar-refractivity contribution in [2.45, 2.75) is 0 Å². The predicted molar refractivity (Wildman–Crippen MR) is 229 cm³/mol. The van der Waals surface area contributed by atoms with Crippen LogP contribution >= 0.6 is 0 Å². The molecule has 11 aromatic rings. The summed E-state index contributed by atoms with van der Waals surface area (Å²) >= 11 is 0. The summed E-state index contributed by atoms with van der Waals surface area (Å²) in [5.74, 6) is 0. The standard InChI is InChI=1S/C52H33NO/c1-2-9-34(10-3-1)39-13-8-14-43(32-39)53(44-27-30-48-49-29-23-37-12-5-7-16-47(37)52(49)54-50(48)33-44)42-25-21-35(22-26-42)40-24-28-46-41(31-40)20-19-38-18-17-36-11-4-6-15-45(36)51(38)46/h1-33H. The first kappa shape index (κ1) is 30.5. The Morgan fingerprint density at radius 2 is 0.852 bits per heavy atom. The molecule has 0 amide bonds. The molecule has 54 heavy (non-hydrogen) atoms. The molecule has 10 aromatic carbocycles. The number of fused-ring (bicyclic) bond motifs is 10. The van der Waals surface area contributed by atoms with Gasteiger partial charge in [-0.05, 0) is 108 Å². The largest absolute Gasteiger partial charge is 0.455 e. The lowest BCUT2D eigenvalue weighted by atomic mass is 9.94. The molecule has 0 aliphatic carbocycles. The molecule has 2 heteroatoms. The first-order chi connectivity index (χ1) is 26.7. The second-order valence-corrected chi connectivity index (χ2v) is 14.1. The molecule has 1 heterocycles. The zero-order valence-electron chi connectivity index (χ0n) is 29.4. The molecule has 0 radical (unpaired) electrons. The van der Waals surface area contributed by atoms with Crippen LogP contribution in [0.3, 0.4) is 0 Å². The van der Waals surface area contributed by atoms with E-state index in [1.807, 2.05) is 0 Å². The quantitative estimate of drug-likeness (QED) is 0.168. The van der Waals surface area contributed by atoms with Crippen molar-refractivity contribution in [1.29, 1.82) is 0 Å². The van der Waals surface area contributed by atoms with Crippen LogP contribution in [0.15, 0.2) is 205 Å². The fourth-order valence-corrected chi connectivity index (χ4v) is 8.35. The minimum Gasteiger partial charge on any atom is -0.455 e. The molecule has 0 saturated heterocycles. The van der Waals surface area contributed by atoms with Crippen molar-refractivity contribution in [2.24, 2.45) is 0 Å². The van der Waals surface area contributed by atoms with Crippen LogP contribution in [0, 0.1) is 0 Å². The van der Waals surface area contributed by atoms with Gasteiger partial charge in [0.2, 0.25) is 0 Å². The van der Waals surface area contributed by atoms with E-state index in [1.54, 1.807) is 0 Å². The molecule has 0 aliphatic heterocycles. The monoisotopic (exact) mass is 687 g/mol. The number of rotatable bonds is 5. The van der Waals surface area contributed by atoms with Gasteiger partial charge < -0.3 is 9.32 Å². The lowest BCUT2D eigenvalue weighted by Crippen LogP contribution is -2.10. The summed E-state index contributed by atoms with van der Waals surface area (Å²) in [4.78, 5) is 2.33. The summed E-state index contributed by atoms with van der Waals surface area (Å²) in [5, 5.41) is 12.2. The molecule has 0 atom stereocenters. The van der Waals surface area contributed by atoms with Gasteiger partial charge in [-0.1, -0.05) is 146 Å². The Morgan fingerprint density at radius 1 is 0.296 bits per heavy atom. The van der Waals surface area contributed by atoms with Gasteiger partial charge in [0.1, 0.15) is 11.2 Å². The predicted octanol–water partition coefficient (Wildman–Crippen LogP) is 15.0. The van der Waals surface area contributed by atoms with Crippen molar-refractivity contribution >= 4 is 82.1 Å². The Hall–Kier alpha value is -7.16. The maximum atomic E-state index is 6.66. The average molecular weight is 688 g/mol. The van der Waals surface area contributed by atoms with Crippen molar-refractivity contribution in [1.82, 2.24) is 0 Å². The van der Waals surface area contributed by atoms with Gasteiger partial charge in [0, 0.05) is 39.3 Å². The van der Waals surface area contributed by atoms with E-state index in [2.05, 4.69) is 205 Å². The smallest absolute Gasteiger partial charge is 0.143 e. The van der Waals surface area contributed by atoms with Crippen molar-refractivity contribution < 1.29 is 4.42 Å². The minimum absolute atomic E-state index is 0.871. The number of hydrogen-bond acceptors (Lipinski definition) is 2. The van der Waals surface area contributed by atoms with Crippen LogP contribution in [0.25, 0.3) is 87.3 Å². The fraction of sp³-hybridized carbons (Fsp3) is 0. The second-order valence-electron chi connectivity index (χ2n) is 14.1. The van der Waals surface area contributed by atoms with Gasteiger partial charge in [0.25, 0.3) is 0 Å². The van der Waals surface area contributed by atoms with Crippen LogP contribution in [0.4, 0.5) is 17.1 Å². The van der Waals surface area contributed by atoms with E-state index in [0.29, 0.717) is 0 Å². The van der Waals surface area contributed by atoms with Gasteiger partial charge in [-0.2, -0.15) is 0 Å². The normalized spacial score (nSPS) is 11.7. The van der Waals surface area contributed by atoms with E-state index in [-0.39, 0.29) is 0 Å². The van der Waals surface area contributed by atoms with E-state index in [0.717, 1.165) is 44.4 Å². The zero-order chi connectivity index (χ0) is 35.6. The number of benzene rings is 10. The second kappa shape index (κ2) is 12.2. The molecule has 0 spiro atoms.